The molecule has 0 aliphatic rings. The largest absolute Gasteiger partial charge is 0.271 e. The lowest BCUT2D eigenvalue weighted by atomic mass is 9.91. The van der Waals surface area contributed by atoms with E-state index in [1.807, 2.05) is 0 Å². The van der Waals surface area contributed by atoms with Gasteiger partial charge in [0.1, 0.15) is 0 Å². The third kappa shape index (κ3) is 3.85. The average Bonchev–Trinajstić information content (AvgIpc) is 1.98. The molecule has 0 saturated heterocycles. The van der Waals surface area contributed by atoms with E-state index in [0.29, 0.717) is 0 Å². The predicted octanol–water partition coefficient (Wildman–Crippen LogP) is 1.52. The molecule has 0 aliphatic carbocycles. The third-order valence-corrected chi connectivity index (χ3v) is 2.36. The lowest BCUT2D eigenvalue weighted by Crippen LogP contribution is -2.25. The van der Waals surface area contributed by atoms with E-state index in [0.717, 1.165) is 18.4 Å². The fourth-order valence-electron chi connectivity index (χ4n) is 0.998. The molecule has 2 nitrogen and oxygen atoms in total. The van der Waals surface area contributed by atoms with Gasteiger partial charge in [-0.2, -0.15) is 0 Å². The molecule has 3 N–H and O–H groups in total. The van der Waals surface area contributed by atoms with Crippen LogP contribution in [0.3, 0.4) is 0 Å². The Morgan fingerprint density at radius 2 is 1.90 bits per heavy atom. The quantitative estimate of drug-likeness (QED) is 0.453. The van der Waals surface area contributed by atoms with Crippen molar-refractivity contribution in [3.05, 3.63) is 0 Å². The van der Waals surface area contributed by atoms with Gasteiger partial charge in [-0.25, -0.2) is 0 Å². The van der Waals surface area contributed by atoms with Crippen LogP contribution in [0.2, 0.25) is 0 Å². The Morgan fingerprint density at radius 3 is 2.30 bits per heavy atom. The first kappa shape index (κ1) is 9.92. The summed E-state index contributed by atoms with van der Waals surface area (Å²) in [6, 6.07) is 0. The second-order valence-electron chi connectivity index (χ2n) is 3.11. The van der Waals surface area contributed by atoms with Crippen molar-refractivity contribution in [1.82, 2.24) is 5.43 Å². The Bertz CT molecular complexity index is 73.7. The highest BCUT2D eigenvalue weighted by molar-refractivity contribution is 4.60. The second-order valence-corrected chi connectivity index (χ2v) is 3.11. The molecule has 0 rings (SSSR count). The van der Waals surface area contributed by atoms with Crippen molar-refractivity contribution in [2.24, 2.45) is 17.7 Å². The van der Waals surface area contributed by atoms with Crippen LogP contribution < -0.4 is 11.3 Å². The molecule has 0 amide bonds. The van der Waals surface area contributed by atoms with E-state index >= 15 is 0 Å². The summed E-state index contributed by atoms with van der Waals surface area (Å²) < 4.78 is 0. The van der Waals surface area contributed by atoms with Crippen LogP contribution in [0.1, 0.15) is 33.6 Å². The fraction of sp³-hybridized carbons (Fsp3) is 1.00. The number of hydrogen-bond donors (Lipinski definition) is 2. The van der Waals surface area contributed by atoms with E-state index in [1.54, 1.807) is 0 Å². The van der Waals surface area contributed by atoms with Crippen LogP contribution in [-0.4, -0.2) is 6.54 Å². The van der Waals surface area contributed by atoms with Crippen molar-refractivity contribution >= 4 is 0 Å². The van der Waals surface area contributed by atoms with E-state index < -0.39 is 0 Å². The van der Waals surface area contributed by atoms with Gasteiger partial charge in [0.15, 0.2) is 0 Å². The maximum atomic E-state index is 5.17. The Labute approximate surface area is 64.2 Å². The molecule has 0 aromatic rings. The van der Waals surface area contributed by atoms with Crippen LogP contribution in [0.15, 0.2) is 0 Å². The number of hydrogen-bond acceptors (Lipinski definition) is 2. The first-order valence-corrected chi connectivity index (χ1v) is 4.15. The molecule has 0 heterocycles. The Kier molecular flexibility index (Phi) is 5.64. The van der Waals surface area contributed by atoms with Crippen LogP contribution >= 0.6 is 0 Å². The summed E-state index contributed by atoms with van der Waals surface area (Å²) in [7, 11) is 0. The van der Waals surface area contributed by atoms with Gasteiger partial charge in [-0.05, 0) is 18.3 Å². The summed E-state index contributed by atoms with van der Waals surface area (Å²) in [6.07, 6.45) is 2.46. The maximum Gasteiger partial charge on any atom is 0.01000 e. The van der Waals surface area contributed by atoms with Crippen molar-refractivity contribution in [2.75, 3.05) is 6.54 Å². The van der Waals surface area contributed by atoms with Gasteiger partial charge < -0.3 is 0 Å². The fourth-order valence-corrected chi connectivity index (χ4v) is 0.998. The Morgan fingerprint density at radius 1 is 1.30 bits per heavy atom. The molecular weight excluding hydrogens is 124 g/mol. The highest BCUT2D eigenvalue weighted by Crippen LogP contribution is 2.16. The number of nitrogens with two attached hydrogens (primary N) is 1. The molecule has 2 heteroatoms. The molecule has 2 atom stereocenters. The number of hydrazine groups is 1. The van der Waals surface area contributed by atoms with Crippen molar-refractivity contribution in [1.29, 1.82) is 0 Å². The molecule has 10 heavy (non-hydrogen) atoms. The van der Waals surface area contributed by atoms with Crippen LogP contribution in [0, 0.1) is 11.8 Å². The minimum absolute atomic E-state index is 0.793. The average molecular weight is 144 g/mol. The summed E-state index contributed by atoms with van der Waals surface area (Å²) in [5.74, 6) is 6.79. The minimum atomic E-state index is 0.793. The second kappa shape index (κ2) is 5.69. The number of nitrogens with one attached hydrogen (secondary N) is 1. The maximum absolute atomic E-state index is 5.17. The molecule has 1 unspecified atom stereocenters. The normalized spacial score (nSPS) is 16.8. The standard InChI is InChI=1S/C8H20N2/c1-4-7(2)8(3)5-6-10-9/h7-8,10H,4-6,9H2,1-3H3/t7-,8?/m0/s1. The van der Waals surface area contributed by atoms with E-state index in [2.05, 4.69) is 26.2 Å². The summed E-state index contributed by atoms with van der Waals surface area (Å²) in [6.45, 7) is 7.75. The SMILES string of the molecule is CC[C@H](C)C(C)CCNN. The van der Waals surface area contributed by atoms with Crippen LogP contribution in [0.25, 0.3) is 0 Å². The smallest absolute Gasteiger partial charge is 0.01000 e. The molecule has 0 saturated carbocycles. The molecule has 62 valence electrons. The minimum Gasteiger partial charge on any atom is -0.271 e. The zero-order valence-corrected chi connectivity index (χ0v) is 7.35. The summed E-state index contributed by atoms with van der Waals surface area (Å²) in [4.78, 5) is 0. The molecule has 0 bridgehead atoms. The number of rotatable bonds is 5. The van der Waals surface area contributed by atoms with Gasteiger partial charge in [0, 0.05) is 6.54 Å². The highest BCUT2D eigenvalue weighted by atomic mass is 15.2. The van der Waals surface area contributed by atoms with Crippen LogP contribution in [0.5, 0.6) is 0 Å². The van der Waals surface area contributed by atoms with Crippen LogP contribution in [0.4, 0.5) is 0 Å². The van der Waals surface area contributed by atoms with Gasteiger partial charge in [0.05, 0.1) is 0 Å². The van der Waals surface area contributed by atoms with Gasteiger partial charge >= 0.3 is 0 Å². The van der Waals surface area contributed by atoms with Gasteiger partial charge in [-0.15, -0.1) is 0 Å². The first-order valence-electron chi connectivity index (χ1n) is 4.15. The third-order valence-electron chi connectivity index (χ3n) is 2.36. The van der Waals surface area contributed by atoms with Gasteiger partial charge in [-0.1, -0.05) is 27.2 Å². The lowest BCUT2D eigenvalue weighted by Gasteiger charge is -2.17. The van der Waals surface area contributed by atoms with Crippen LogP contribution in [-0.2, 0) is 0 Å². The van der Waals surface area contributed by atoms with Crippen molar-refractivity contribution in [3.8, 4) is 0 Å². The van der Waals surface area contributed by atoms with Gasteiger partial charge in [-0.3, -0.25) is 11.3 Å². The summed E-state index contributed by atoms with van der Waals surface area (Å²) in [5, 5.41) is 0. The highest BCUT2D eigenvalue weighted by Gasteiger charge is 2.08. The topological polar surface area (TPSA) is 38.0 Å². The lowest BCUT2D eigenvalue weighted by molar-refractivity contribution is 0.350. The van der Waals surface area contributed by atoms with E-state index in [9.17, 15) is 0 Å². The zero-order valence-electron chi connectivity index (χ0n) is 7.35. The molecule has 0 aromatic heterocycles. The van der Waals surface area contributed by atoms with Crippen molar-refractivity contribution < 1.29 is 0 Å². The molecule has 0 spiro atoms. The molecule has 0 aromatic carbocycles. The molecule has 0 fully saturated rings. The predicted molar refractivity (Wildman–Crippen MR) is 45.4 cm³/mol. The first-order chi connectivity index (χ1) is 4.72. The monoisotopic (exact) mass is 144 g/mol. The van der Waals surface area contributed by atoms with E-state index in [4.69, 9.17) is 5.84 Å². The molecule has 0 radical (unpaired) electrons. The van der Waals surface area contributed by atoms with E-state index in [1.165, 1.54) is 12.8 Å². The van der Waals surface area contributed by atoms with Gasteiger partial charge in [0.2, 0.25) is 0 Å². The molecular formula is C8H20N2. The zero-order chi connectivity index (χ0) is 7.98. The van der Waals surface area contributed by atoms with Crippen molar-refractivity contribution in [3.63, 3.8) is 0 Å². The van der Waals surface area contributed by atoms with E-state index in [-0.39, 0.29) is 0 Å². The Balaban J connectivity index is 3.31. The Hall–Kier alpha value is -0.0800. The summed E-state index contributed by atoms with van der Waals surface area (Å²) in [5.41, 5.74) is 2.68. The summed E-state index contributed by atoms with van der Waals surface area (Å²) >= 11 is 0. The van der Waals surface area contributed by atoms with Crippen molar-refractivity contribution in [2.45, 2.75) is 33.6 Å². The molecule has 0 aliphatic heterocycles. The van der Waals surface area contributed by atoms with Gasteiger partial charge in [0.25, 0.3) is 0 Å².